The number of hydrogen-bond donors (Lipinski definition) is 0. The highest BCUT2D eigenvalue weighted by Gasteiger charge is 2.19. The van der Waals surface area contributed by atoms with Gasteiger partial charge in [0.15, 0.2) is 0 Å². The molecule has 0 aromatic rings. The molecule has 0 aromatic heterocycles. The van der Waals surface area contributed by atoms with Gasteiger partial charge in [0.1, 0.15) is 13.1 Å². The second-order valence-corrected chi connectivity index (χ2v) is 8.86. The quantitative estimate of drug-likeness (QED) is 0.365. The second-order valence-electron chi connectivity index (χ2n) is 4.59. The Labute approximate surface area is 145 Å². The topological polar surface area (TPSA) is 47.5 Å². The molecule has 0 aromatic carbocycles. The fourth-order valence-electron chi connectivity index (χ4n) is 2.02. The van der Waals surface area contributed by atoms with Crippen LogP contribution in [0.5, 0.6) is 0 Å². The summed E-state index contributed by atoms with van der Waals surface area (Å²) in [6.45, 7) is 19.1. The van der Waals surface area contributed by atoms with Gasteiger partial charge in [0, 0.05) is 17.9 Å². The van der Waals surface area contributed by atoms with Crippen LogP contribution in [0, 0.1) is 13.1 Å². The van der Waals surface area contributed by atoms with Crippen LogP contribution in [-0.2, 0) is 13.8 Å². The van der Waals surface area contributed by atoms with Crippen LogP contribution in [0.15, 0.2) is 34.9 Å². The van der Waals surface area contributed by atoms with E-state index in [1.165, 1.54) is 0 Å². The molecule has 1 aliphatic heterocycles. The first-order chi connectivity index (χ1) is 10.8. The molecule has 0 N–H and O–H groups in total. The molecule has 0 amide bonds. The van der Waals surface area contributed by atoms with E-state index in [1.54, 1.807) is 12.2 Å². The third kappa shape index (κ3) is 6.79. The first-order valence-corrected chi connectivity index (χ1v) is 10.1. The average Bonchev–Trinajstić information content (AvgIpc) is 2.45. The third-order valence-corrected chi connectivity index (χ3v) is 4.05. The van der Waals surface area contributed by atoms with Crippen molar-refractivity contribution in [1.82, 2.24) is 4.90 Å². The zero-order valence-electron chi connectivity index (χ0n) is 12.8. The molecule has 0 atom stereocenters. The van der Waals surface area contributed by atoms with E-state index in [0.717, 1.165) is 11.4 Å². The highest BCUT2D eigenvalue weighted by atomic mass is 35.9. The Morgan fingerprint density at radius 2 is 1.74 bits per heavy atom. The molecule has 9 heteroatoms. The van der Waals surface area contributed by atoms with Gasteiger partial charge >= 0.3 is 11.9 Å². The predicted molar refractivity (Wildman–Crippen MR) is 90.5 cm³/mol. The van der Waals surface area contributed by atoms with Crippen LogP contribution in [-0.4, -0.2) is 31.3 Å². The molecule has 1 aliphatic rings. The summed E-state index contributed by atoms with van der Waals surface area (Å²) >= 11 is 10.5. The van der Waals surface area contributed by atoms with Gasteiger partial charge in [0.2, 0.25) is 0 Å². The summed E-state index contributed by atoms with van der Waals surface area (Å²) in [5.74, 6) is 0.0586. The molecule has 0 aliphatic carbocycles. The van der Waals surface area contributed by atoms with Crippen LogP contribution in [0.2, 0.25) is 0 Å². The molecule has 0 saturated heterocycles. The number of hydrogen-bond acceptors (Lipinski definition) is 4. The van der Waals surface area contributed by atoms with Crippen molar-refractivity contribution in [2.45, 2.75) is 13.8 Å². The van der Waals surface area contributed by atoms with Crippen molar-refractivity contribution in [3.63, 3.8) is 0 Å². The smallest absolute Gasteiger partial charge is 0.377 e. The minimum atomic E-state index is -3.50. The van der Waals surface area contributed by atoms with Gasteiger partial charge in [0.25, 0.3) is 0 Å². The van der Waals surface area contributed by atoms with E-state index in [9.17, 15) is 4.57 Å². The van der Waals surface area contributed by atoms with Crippen molar-refractivity contribution in [2.75, 3.05) is 26.4 Å². The largest absolute Gasteiger partial charge is 0.526 e. The van der Waals surface area contributed by atoms with Gasteiger partial charge in [-0.05, 0) is 48.5 Å². The molecular weight excluding hydrogens is 360 g/mol. The predicted octanol–water partition coefficient (Wildman–Crippen LogP) is 4.78. The summed E-state index contributed by atoms with van der Waals surface area (Å²) in [5.41, 5.74) is 2.47. The summed E-state index contributed by atoms with van der Waals surface area (Å²) in [5, 5.41) is 0. The third-order valence-electron chi connectivity index (χ3n) is 2.98. The first kappa shape index (κ1) is 19.8. The molecule has 0 unspecified atom stereocenters. The van der Waals surface area contributed by atoms with E-state index in [4.69, 9.17) is 44.9 Å². The van der Waals surface area contributed by atoms with Crippen molar-refractivity contribution in [3.05, 3.63) is 57.8 Å². The van der Waals surface area contributed by atoms with Crippen molar-refractivity contribution < 1.29 is 13.8 Å². The monoisotopic (exact) mass is 375 g/mol. The normalized spacial score (nSPS) is 14.7. The van der Waals surface area contributed by atoms with E-state index in [-0.39, 0.29) is 19.0 Å². The van der Waals surface area contributed by atoms with E-state index < -0.39 is 6.07 Å². The first-order valence-electron chi connectivity index (χ1n) is 6.63. The molecule has 6 nitrogen and oxygen atoms in total. The number of halogens is 2. The van der Waals surface area contributed by atoms with Gasteiger partial charge in [0.05, 0.1) is 25.4 Å². The summed E-state index contributed by atoms with van der Waals surface area (Å²) in [4.78, 5) is 8.47. The lowest BCUT2D eigenvalue weighted by Crippen LogP contribution is -2.26. The summed E-state index contributed by atoms with van der Waals surface area (Å²) < 4.78 is 21.0. The minimum absolute atomic E-state index is 0.0557. The SMILES string of the molecule is [C-]#[N+]C([N+]#[C-])=C1C=C(C)N(CCOCCOP(=O)(Cl)Cl)C(C)=C1. The van der Waals surface area contributed by atoms with Gasteiger partial charge in [-0.1, -0.05) is 0 Å². The van der Waals surface area contributed by atoms with Crippen molar-refractivity contribution >= 4 is 28.6 Å². The Balaban J connectivity index is 2.52. The number of nitrogens with zero attached hydrogens (tertiary/aromatic N) is 3. The second kappa shape index (κ2) is 9.13. The lowest BCUT2D eigenvalue weighted by atomic mass is 10.1. The zero-order valence-corrected chi connectivity index (χ0v) is 15.2. The fraction of sp³-hybridized carbons (Fsp3) is 0.429. The van der Waals surface area contributed by atoms with E-state index in [1.807, 2.05) is 18.7 Å². The van der Waals surface area contributed by atoms with Gasteiger partial charge in [-0.25, -0.2) is 0 Å². The Hall–Kier alpha value is -1.27. The van der Waals surface area contributed by atoms with Crippen molar-refractivity contribution in [2.24, 2.45) is 0 Å². The maximum absolute atomic E-state index is 10.9. The Morgan fingerprint density at radius 1 is 1.17 bits per heavy atom. The molecule has 1 rings (SSSR count). The lowest BCUT2D eigenvalue weighted by Gasteiger charge is -2.29. The standard InChI is InChI=1S/C14H16Cl2N3O3P/c1-11-9-13(14(17-3)18-4)10-12(2)19(11)5-6-21-7-8-22-23(15,16)20/h9-10H,5-8H2,1-2H3. The van der Waals surface area contributed by atoms with E-state index >= 15 is 0 Å². The van der Waals surface area contributed by atoms with E-state index in [2.05, 4.69) is 9.69 Å². The average molecular weight is 376 g/mol. The molecule has 23 heavy (non-hydrogen) atoms. The molecule has 1 heterocycles. The highest BCUT2D eigenvalue weighted by molar-refractivity contribution is 8.05. The summed E-state index contributed by atoms with van der Waals surface area (Å²) in [6.07, 6.45) is 0.108. The molecule has 0 saturated carbocycles. The van der Waals surface area contributed by atoms with E-state index in [0.29, 0.717) is 18.7 Å². The number of ether oxygens (including phenoxy) is 1. The van der Waals surface area contributed by atoms with Crippen LogP contribution in [0.25, 0.3) is 9.69 Å². The van der Waals surface area contributed by atoms with Gasteiger partial charge in [-0.15, -0.1) is 0 Å². The zero-order chi connectivity index (χ0) is 17.5. The van der Waals surface area contributed by atoms with Gasteiger partial charge in [-0.2, -0.15) is 9.69 Å². The Morgan fingerprint density at radius 3 is 2.22 bits per heavy atom. The maximum Gasteiger partial charge on any atom is 0.526 e. The Bertz CT molecular complexity index is 630. The molecule has 0 bridgehead atoms. The minimum Gasteiger partial charge on any atom is -0.377 e. The molecular formula is C14H16Cl2N3O3P. The molecule has 0 radical (unpaired) electrons. The summed E-state index contributed by atoms with van der Waals surface area (Å²) in [7, 11) is 0. The van der Waals surface area contributed by atoms with Crippen LogP contribution < -0.4 is 0 Å². The van der Waals surface area contributed by atoms with Crippen LogP contribution in [0.1, 0.15) is 13.8 Å². The van der Waals surface area contributed by atoms with Crippen molar-refractivity contribution in [1.29, 1.82) is 0 Å². The van der Waals surface area contributed by atoms with Crippen LogP contribution in [0.3, 0.4) is 0 Å². The number of allylic oxidation sites excluding steroid dienone is 5. The fourth-order valence-corrected chi connectivity index (χ4v) is 2.72. The van der Waals surface area contributed by atoms with Crippen molar-refractivity contribution in [3.8, 4) is 0 Å². The Kier molecular flexibility index (Phi) is 7.85. The molecule has 0 fully saturated rings. The highest BCUT2D eigenvalue weighted by Crippen LogP contribution is 2.57. The van der Waals surface area contributed by atoms with Gasteiger partial charge in [-0.3, -0.25) is 4.57 Å². The maximum atomic E-state index is 10.9. The van der Waals surface area contributed by atoms with Crippen LogP contribution in [0.4, 0.5) is 0 Å². The summed E-state index contributed by atoms with van der Waals surface area (Å²) in [6, 6.07) is 0. The molecule has 124 valence electrons. The van der Waals surface area contributed by atoms with Gasteiger partial charge < -0.3 is 14.2 Å². The number of rotatable bonds is 7. The molecule has 0 spiro atoms. The van der Waals surface area contributed by atoms with Crippen LogP contribution >= 0.6 is 28.6 Å². The lowest BCUT2D eigenvalue weighted by molar-refractivity contribution is 0.0933.